The van der Waals surface area contributed by atoms with Crippen LogP contribution >= 0.6 is 0 Å². The van der Waals surface area contributed by atoms with Gasteiger partial charge in [0.1, 0.15) is 0 Å². The highest BCUT2D eigenvalue weighted by Crippen LogP contribution is 2.29. The first-order valence-corrected chi connectivity index (χ1v) is 6.91. The average molecular weight is 232 g/mol. The van der Waals surface area contributed by atoms with E-state index < -0.39 is 0 Å². The van der Waals surface area contributed by atoms with E-state index in [1.807, 2.05) is 12.3 Å². The third-order valence-corrected chi connectivity index (χ3v) is 4.11. The van der Waals surface area contributed by atoms with Crippen LogP contribution in [0.4, 0.5) is 0 Å². The van der Waals surface area contributed by atoms with Crippen LogP contribution in [0.2, 0.25) is 0 Å². The summed E-state index contributed by atoms with van der Waals surface area (Å²) in [5.41, 5.74) is 1.15. The van der Waals surface area contributed by atoms with E-state index in [1.165, 1.54) is 25.7 Å². The minimum atomic E-state index is 0.366. The first-order valence-electron chi connectivity index (χ1n) is 6.91. The van der Waals surface area contributed by atoms with Crippen LogP contribution in [0, 0.1) is 11.8 Å². The molecule has 1 saturated carbocycles. The standard InChI is InChI=1S/C15H24N2/c1-12-7-3-4-8-14(12)11-17-13(2)15-9-5-6-10-16-15/h5-6,9-10,12-14,17H,3-4,7-8,11H2,1-2H3. The maximum Gasteiger partial charge on any atom is 0.0570 e. The molecule has 1 N–H and O–H groups in total. The number of hydrogen-bond donors (Lipinski definition) is 1. The molecule has 1 aliphatic carbocycles. The Balaban J connectivity index is 1.81. The minimum Gasteiger partial charge on any atom is -0.309 e. The third kappa shape index (κ3) is 3.53. The molecule has 0 bridgehead atoms. The Morgan fingerprint density at radius 1 is 1.35 bits per heavy atom. The SMILES string of the molecule is CC(NCC1CCCCC1C)c1ccccn1. The predicted octanol–water partition coefficient (Wildman–Crippen LogP) is 3.56. The van der Waals surface area contributed by atoms with Crippen molar-refractivity contribution in [3.63, 3.8) is 0 Å². The van der Waals surface area contributed by atoms with Gasteiger partial charge in [-0.05, 0) is 43.9 Å². The highest BCUT2D eigenvalue weighted by molar-refractivity contribution is 5.07. The van der Waals surface area contributed by atoms with E-state index in [9.17, 15) is 0 Å². The predicted molar refractivity (Wildman–Crippen MR) is 71.8 cm³/mol. The van der Waals surface area contributed by atoms with Gasteiger partial charge < -0.3 is 5.32 Å². The molecule has 0 aliphatic heterocycles. The normalized spacial score (nSPS) is 26.7. The van der Waals surface area contributed by atoms with E-state index in [0.29, 0.717) is 6.04 Å². The summed E-state index contributed by atoms with van der Waals surface area (Å²) in [5, 5.41) is 3.64. The van der Waals surface area contributed by atoms with Gasteiger partial charge >= 0.3 is 0 Å². The van der Waals surface area contributed by atoms with Crippen molar-refractivity contribution < 1.29 is 0 Å². The van der Waals surface area contributed by atoms with Crippen LogP contribution in [-0.4, -0.2) is 11.5 Å². The van der Waals surface area contributed by atoms with Gasteiger partial charge in [-0.15, -0.1) is 0 Å². The van der Waals surface area contributed by atoms with E-state index in [2.05, 4.69) is 36.3 Å². The summed E-state index contributed by atoms with van der Waals surface area (Å²) in [7, 11) is 0. The third-order valence-electron chi connectivity index (χ3n) is 4.11. The van der Waals surface area contributed by atoms with E-state index in [0.717, 1.165) is 24.1 Å². The van der Waals surface area contributed by atoms with Crippen LogP contribution in [0.5, 0.6) is 0 Å². The number of nitrogens with one attached hydrogen (secondary N) is 1. The number of nitrogens with zero attached hydrogens (tertiary/aromatic N) is 1. The molecule has 0 amide bonds. The van der Waals surface area contributed by atoms with Gasteiger partial charge in [-0.3, -0.25) is 4.98 Å². The summed E-state index contributed by atoms with van der Waals surface area (Å²) in [6.45, 7) is 5.74. The zero-order valence-corrected chi connectivity index (χ0v) is 11.0. The van der Waals surface area contributed by atoms with Crippen molar-refractivity contribution in [3.05, 3.63) is 30.1 Å². The average Bonchev–Trinajstić information content (AvgIpc) is 2.38. The second-order valence-electron chi connectivity index (χ2n) is 5.41. The molecule has 1 fully saturated rings. The van der Waals surface area contributed by atoms with Crippen molar-refractivity contribution in [2.24, 2.45) is 11.8 Å². The number of aromatic nitrogens is 1. The maximum absolute atomic E-state index is 4.40. The fourth-order valence-corrected chi connectivity index (χ4v) is 2.76. The molecule has 1 heterocycles. The molecule has 2 heteroatoms. The molecule has 3 atom stereocenters. The van der Waals surface area contributed by atoms with Crippen LogP contribution in [0.1, 0.15) is 51.3 Å². The fourth-order valence-electron chi connectivity index (χ4n) is 2.76. The van der Waals surface area contributed by atoms with Gasteiger partial charge in [0, 0.05) is 12.2 Å². The molecule has 1 aromatic heterocycles. The van der Waals surface area contributed by atoms with Gasteiger partial charge in [-0.25, -0.2) is 0 Å². The van der Waals surface area contributed by atoms with E-state index >= 15 is 0 Å². The van der Waals surface area contributed by atoms with Crippen molar-refractivity contribution in [3.8, 4) is 0 Å². The molecule has 0 radical (unpaired) electrons. The van der Waals surface area contributed by atoms with Crippen molar-refractivity contribution >= 4 is 0 Å². The molecule has 0 aromatic carbocycles. The largest absolute Gasteiger partial charge is 0.309 e. The smallest absolute Gasteiger partial charge is 0.0570 e. The molecule has 1 aliphatic rings. The van der Waals surface area contributed by atoms with Crippen LogP contribution in [0.15, 0.2) is 24.4 Å². The Morgan fingerprint density at radius 3 is 2.88 bits per heavy atom. The Kier molecular flexibility index (Phi) is 4.55. The Labute approximate surface area is 105 Å². The van der Waals surface area contributed by atoms with E-state index in [4.69, 9.17) is 0 Å². The summed E-state index contributed by atoms with van der Waals surface area (Å²) in [6.07, 6.45) is 7.51. The van der Waals surface area contributed by atoms with Gasteiger partial charge in [0.2, 0.25) is 0 Å². The van der Waals surface area contributed by atoms with Gasteiger partial charge in [0.15, 0.2) is 0 Å². The lowest BCUT2D eigenvalue weighted by molar-refractivity contribution is 0.242. The van der Waals surface area contributed by atoms with Gasteiger partial charge in [0.25, 0.3) is 0 Å². The van der Waals surface area contributed by atoms with E-state index in [1.54, 1.807) is 0 Å². The van der Waals surface area contributed by atoms with Crippen molar-refractivity contribution in [1.29, 1.82) is 0 Å². The Morgan fingerprint density at radius 2 is 2.18 bits per heavy atom. The summed E-state index contributed by atoms with van der Waals surface area (Å²) in [5.74, 6) is 1.74. The maximum atomic E-state index is 4.40. The molecule has 17 heavy (non-hydrogen) atoms. The van der Waals surface area contributed by atoms with Crippen LogP contribution in [0.3, 0.4) is 0 Å². The summed E-state index contributed by atoms with van der Waals surface area (Å²) < 4.78 is 0. The van der Waals surface area contributed by atoms with Crippen molar-refractivity contribution in [2.45, 2.75) is 45.6 Å². The summed E-state index contributed by atoms with van der Waals surface area (Å²) in [4.78, 5) is 4.40. The first kappa shape index (κ1) is 12.6. The lowest BCUT2D eigenvalue weighted by Crippen LogP contribution is -2.31. The molecule has 2 nitrogen and oxygen atoms in total. The zero-order valence-electron chi connectivity index (χ0n) is 11.0. The second-order valence-corrected chi connectivity index (χ2v) is 5.41. The molecule has 2 rings (SSSR count). The van der Waals surface area contributed by atoms with Crippen molar-refractivity contribution in [1.82, 2.24) is 10.3 Å². The summed E-state index contributed by atoms with van der Waals surface area (Å²) in [6, 6.07) is 6.50. The van der Waals surface area contributed by atoms with Gasteiger partial charge in [0.05, 0.1) is 5.69 Å². The van der Waals surface area contributed by atoms with E-state index in [-0.39, 0.29) is 0 Å². The van der Waals surface area contributed by atoms with Crippen molar-refractivity contribution in [2.75, 3.05) is 6.54 Å². The molecule has 94 valence electrons. The quantitative estimate of drug-likeness (QED) is 0.858. The van der Waals surface area contributed by atoms with Crippen LogP contribution in [0.25, 0.3) is 0 Å². The number of pyridine rings is 1. The molecular formula is C15H24N2. The number of rotatable bonds is 4. The number of hydrogen-bond acceptors (Lipinski definition) is 2. The lowest BCUT2D eigenvalue weighted by Gasteiger charge is -2.30. The molecule has 0 spiro atoms. The molecule has 0 saturated heterocycles. The highest BCUT2D eigenvalue weighted by Gasteiger charge is 2.21. The molecular weight excluding hydrogens is 208 g/mol. The monoisotopic (exact) mass is 232 g/mol. The molecule has 1 aromatic rings. The van der Waals surface area contributed by atoms with Crippen LogP contribution in [-0.2, 0) is 0 Å². The first-order chi connectivity index (χ1) is 8.27. The Hall–Kier alpha value is -0.890. The molecule has 3 unspecified atom stereocenters. The minimum absolute atomic E-state index is 0.366. The highest BCUT2D eigenvalue weighted by atomic mass is 14.9. The Bertz CT molecular complexity index is 323. The van der Waals surface area contributed by atoms with Crippen LogP contribution < -0.4 is 5.32 Å². The summed E-state index contributed by atoms with van der Waals surface area (Å²) >= 11 is 0. The van der Waals surface area contributed by atoms with Gasteiger partial charge in [-0.2, -0.15) is 0 Å². The fraction of sp³-hybridized carbons (Fsp3) is 0.667. The zero-order chi connectivity index (χ0) is 12.1. The lowest BCUT2D eigenvalue weighted by atomic mass is 9.80. The van der Waals surface area contributed by atoms with Gasteiger partial charge in [-0.1, -0.05) is 32.3 Å². The second kappa shape index (κ2) is 6.15. The topological polar surface area (TPSA) is 24.9 Å².